The van der Waals surface area contributed by atoms with Gasteiger partial charge in [-0.05, 0) is 60.8 Å². The molecule has 0 atom stereocenters. The van der Waals surface area contributed by atoms with E-state index >= 15 is 0 Å². The van der Waals surface area contributed by atoms with E-state index in [0.717, 1.165) is 71.9 Å². The van der Waals surface area contributed by atoms with Crippen molar-refractivity contribution >= 4 is 27.5 Å². The summed E-state index contributed by atoms with van der Waals surface area (Å²) < 4.78 is 6.32. The molecule has 6 heteroatoms. The van der Waals surface area contributed by atoms with Crippen LogP contribution in [0.1, 0.15) is 105 Å². The van der Waals surface area contributed by atoms with E-state index in [-0.39, 0.29) is 47.9 Å². The molecule has 2 aromatic carbocycles. The summed E-state index contributed by atoms with van der Waals surface area (Å²) in [6.07, 6.45) is 12.3. The number of benzene rings is 2. The Bertz CT molecular complexity index is 1970. The Balaban J connectivity index is 0.000000260. The van der Waals surface area contributed by atoms with E-state index in [9.17, 15) is 9.90 Å². The standard InChI is InChI=1S/C28H23N2O.C15H28O2.Ir/c1-28(2,3)22-15-19(14-17-6-4-5-7-20(17)22)27-26-24(11-13-30-27)31-23-9-8-18-16-29-12-10-21(18)25(23)26;1-7-14(5,8-2)12(16)11-13(17)15(6,9-3)10-4;/h4-7,10-13,15-16H,8-9H2,1-3H3;11,16H,7-10H2,1-6H3;/q-1;;/b;12-11-;. The number of aryl methyl sites for hydroxylation is 2. The van der Waals surface area contributed by atoms with Crippen LogP contribution >= 0.6 is 0 Å². The summed E-state index contributed by atoms with van der Waals surface area (Å²) in [4.78, 5) is 21.4. The van der Waals surface area contributed by atoms with Crippen molar-refractivity contribution in [3.8, 4) is 22.4 Å². The number of aliphatic hydroxyl groups excluding tert-OH is 1. The molecular weight excluding hydrogens is 785 g/mol. The number of aliphatic hydroxyl groups is 1. The molecular formula is C43H51IrN2O3-. The van der Waals surface area contributed by atoms with Crippen LogP contribution in [0, 0.1) is 16.9 Å². The number of hydrogen-bond acceptors (Lipinski definition) is 5. The number of nitrogens with zero attached hydrogens (tertiary/aromatic N) is 2. The van der Waals surface area contributed by atoms with E-state index in [1.165, 1.54) is 33.7 Å². The molecule has 0 bridgehead atoms. The molecule has 1 radical (unpaired) electrons. The van der Waals surface area contributed by atoms with Gasteiger partial charge in [-0.1, -0.05) is 91.5 Å². The average molecular weight is 836 g/mol. The molecule has 0 unspecified atom stereocenters. The van der Waals surface area contributed by atoms with Gasteiger partial charge in [0.25, 0.3) is 0 Å². The summed E-state index contributed by atoms with van der Waals surface area (Å²) in [5, 5.41) is 13.6. The van der Waals surface area contributed by atoms with Gasteiger partial charge in [0.2, 0.25) is 0 Å². The second-order valence-corrected chi connectivity index (χ2v) is 14.8. The van der Waals surface area contributed by atoms with Gasteiger partial charge in [-0.15, -0.1) is 29.1 Å². The number of pyridine rings is 2. The van der Waals surface area contributed by atoms with E-state index in [2.05, 4.69) is 68.2 Å². The maximum Gasteiger partial charge on any atom is 0.164 e. The van der Waals surface area contributed by atoms with Crippen molar-refractivity contribution in [2.45, 2.75) is 106 Å². The predicted octanol–water partition coefficient (Wildman–Crippen LogP) is 11.6. The SMILES string of the molecule is CC(C)(C)c1cc(-c2nccc3oc4c(c23)-c2ccncc2CC4)[c-]c2ccccc12.CCC(C)(CC)C(=O)/C=C(\O)C(C)(CC)CC.[Ir]. The third-order valence-electron chi connectivity index (χ3n) is 10.9. The van der Waals surface area contributed by atoms with Gasteiger partial charge >= 0.3 is 0 Å². The van der Waals surface area contributed by atoms with Gasteiger partial charge in [0.05, 0.1) is 0 Å². The minimum absolute atomic E-state index is 0. The van der Waals surface area contributed by atoms with Crippen molar-refractivity contribution in [2.75, 3.05) is 0 Å². The number of furan rings is 1. The molecule has 1 aliphatic rings. The molecule has 5 nitrogen and oxygen atoms in total. The van der Waals surface area contributed by atoms with Crippen LogP contribution in [0.3, 0.4) is 0 Å². The minimum Gasteiger partial charge on any atom is -0.512 e. The van der Waals surface area contributed by atoms with Crippen LogP contribution in [0.15, 0.2) is 77.3 Å². The van der Waals surface area contributed by atoms with Crippen LogP contribution in [-0.2, 0) is 43.2 Å². The summed E-state index contributed by atoms with van der Waals surface area (Å²) in [6.45, 7) is 18.9. The summed E-state index contributed by atoms with van der Waals surface area (Å²) in [6, 6.07) is 18.5. The molecule has 6 rings (SSSR count). The van der Waals surface area contributed by atoms with Crippen LogP contribution in [0.2, 0.25) is 0 Å². The van der Waals surface area contributed by atoms with E-state index in [0.29, 0.717) is 0 Å². The summed E-state index contributed by atoms with van der Waals surface area (Å²) in [5.74, 6) is 1.33. The second kappa shape index (κ2) is 15.1. The molecule has 1 aliphatic carbocycles. The fraction of sp³-hybridized carbons (Fsp3) is 0.419. The Morgan fingerprint density at radius 2 is 1.59 bits per heavy atom. The van der Waals surface area contributed by atoms with E-state index in [1.54, 1.807) is 0 Å². The first-order valence-electron chi connectivity index (χ1n) is 17.5. The predicted molar refractivity (Wildman–Crippen MR) is 198 cm³/mol. The van der Waals surface area contributed by atoms with Crippen molar-refractivity contribution < 1.29 is 34.4 Å². The first-order chi connectivity index (χ1) is 22.8. The van der Waals surface area contributed by atoms with Gasteiger partial charge in [0.15, 0.2) is 5.78 Å². The van der Waals surface area contributed by atoms with Crippen LogP contribution < -0.4 is 0 Å². The molecule has 0 spiro atoms. The van der Waals surface area contributed by atoms with Gasteiger partial charge in [-0.3, -0.25) is 14.8 Å². The maximum absolute atomic E-state index is 12.2. The quantitative estimate of drug-likeness (QED) is 0.0957. The maximum atomic E-state index is 12.2. The number of fused-ring (bicyclic) bond motifs is 6. The van der Waals surface area contributed by atoms with Gasteiger partial charge in [-0.25, -0.2) is 0 Å². The van der Waals surface area contributed by atoms with Crippen molar-refractivity contribution in [1.29, 1.82) is 0 Å². The van der Waals surface area contributed by atoms with Crippen molar-refractivity contribution in [2.24, 2.45) is 10.8 Å². The Morgan fingerprint density at radius 1 is 0.918 bits per heavy atom. The zero-order valence-electron chi connectivity index (χ0n) is 30.6. The molecule has 261 valence electrons. The average Bonchev–Trinajstić information content (AvgIpc) is 3.49. The molecule has 1 N–H and O–H groups in total. The van der Waals surface area contributed by atoms with Gasteiger partial charge < -0.3 is 9.52 Å². The van der Waals surface area contributed by atoms with E-state index < -0.39 is 0 Å². The number of carbonyl (C=O) groups excluding carboxylic acids is 1. The second-order valence-electron chi connectivity index (χ2n) is 14.8. The normalized spacial score (nSPS) is 13.3. The molecule has 5 aromatic rings. The summed E-state index contributed by atoms with van der Waals surface area (Å²) in [5.41, 5.74) is 7.19. The molecule has 0 fully saturated rings. The topological polar surface area (TPSA) is 76.2 Å². The third-order valence-corrected chi connectivity index (χ3v) is 10.9. The molecule has 3 aromatic heterocycles. The molecule has 0 aliphatic heterocycles. The van der Waals surface area contributed by atoms with Gasteiger partial charge in [-0.2, -0.15) is 0 Å². The summed E-state index contributed by atoms with van der Waals surface area (Å²) in [7, 11) is 0. The van der Waals surface area contributed by atoms with Crippen molar-refractivity contribution in [3.05, 3.63) is 95.8 Å². The minimum atomic E-state index is -0.337. The first-order valence-corrected chi connectivity index (χ1v) is 17.5. The number of aromatic nitrogens is 2. The Labute approximate surface area is 306 Å². The van der Waals surface area contributed by atoms with E-state index in [1.807, 2.05) is 66.2 Å². The fourth-order valence-corrected chi connectivity index (χ4v) is 6.54. The summed E-state index contributed by atoms with van der Waals surface area (Å²) >= 11 is 0. The number of hydrogen-bond donors (Lipinski definition) is 1. The monoisotopic (exact) mass is 836 g/mol. The Hall–Kier alpha value is -3.60. The molecule has 0 amide bonds. The number of ketones is 1. The van der Waals surface area contributed by atoms with Crippen LogP contribution in [0.25, 0.3) is 44.1 Å². The first kappa shape index (κ1) is 38.2. The third kappa shape index (κ3) is 7.47. The molecule has 0 saturated heterocycles. The zero-order valence-corrected chi connectivity index (χ0v) is 33.0. The van der Waals surface area contributed by atoms with Crippen molar-refractivity contribution in [3.63, 3.8) is 0 Å². The fourth-order valence-electron chi connectivity index (χ4n) is 6.54. The number of rotatable bonds is 8. The molecule has 0 saturated carbocycles. The smallest absolute Gasteiger partial charge is 0.164 e. The van der Waals surface area contributed by atoms with Crippen LogP contribution in [0.4, 0.5) is 0 Å². The van der Waals surface area contributed by atoms with Crippen molar-refractivity contribution in [1.82, 2.24) is 9.97 Å². The zero-order chi connectivity index (χ0) is 34.9. The molecule has 3 heterocycles. The van der Waals surface area contributed by atoms with Gasteiger partial charge in [0.1, 0.15) is 17.1 Å². The number of allylic oxidation sites excluding steroid dienone is 2. The Kier molecular flexibility index (Phi) is 11.8. The molecule has 49 heavy (non-hydrogen) atoms. The van der Waals surface area contributed by atoms with Crippen LogP contribution in [-0.4, -0.2) is 20.9 Å². The number of carbonyl (C=O) groups is 1. The Morgan fingerprint density at radius 3 is 2.24 bits per heavy atom. The van der Waals surface area contributed by atoms with Gasteiger partial charge in [0, 0.05) is 78.7 Å². The van der Waals surface area contributed by atoms with Crippen LogP contribution in [0.5, 0.6) is 0 Å². The van der Waals surface area contributed by atoms with E-state index in [4.69, 9.17) is 9.40 Å². The largest absolute Gasteiger partial charge is 0.512 e.